The van der Waals surface area contributed by atoms with E-state index >= 15 is 0 Å². The standard InChI is InChI=1S/C13H16O5/c1-6-4-8(14)11-10(7(6)5-9(15)16)12(17)18-13(11,2)3/h6-7H,4-5H2,1-3H3,(H,15,16). The third-order valence-electron chi connectivity index (χ3n) is 3.68. The lowest BCUT2D eigenvalue weighted by Gasteiger charge is -2.29. The van der Waals surface area contributed by atoms with Gasteiger partial charge in [0.1, 0.15) is 5.60 Å². The van der Waals surface area contributed by atoms with Crippen LogP contribution in [0.25, 0.3) is 0 Å². The second-order valence-electron chi connectivity index (χ2n) is 5.50. The number of ether oxygens (including phenoxy) is 1. The van der Waals surface area contributed by atoms with Crippen molar-refractivity contribution in [2.24, 2.45) is 11.8 Å². The Bertz CT molecular complexity index is 472. The number of aliphatic carboxylic acids is 1. The van der Waals surface area contributed by atoms with Crippen molar-refractivity contribution in [2.75, 3.05) is 0 Å². The number of hydrogen-bond donors (Lipinski definition) is 1. The first kappa shape index (κ1) is 12.8. The normalized spacial score (nSPS) is 30.2. The molecule has 98 valence electrons. The Kier molecular flexibility index (Phi) is 2.80. The summed E-state index contributed by atoms with van der Waals surface area (Å²) in [5.41, 5.74) is -0.275. The van der Waals surface area contributed by atoms with Crippen LogP contribution in [0.15, 0.2) is 11.1 Å². The number of ketones is 1. The van der Waals surface area contributed by atoms with Gasteiger partial charge < -0.3 is 9.84 Å². The highest BCUT2D eigenvalue weighted by Crippen LogP contribution is 2.45. The van der Waals surface area contributed by atoms with Crippen molar-refractivity contribution >= 4 is 17.7 Å². The molecule has 2 atom stereocenters. The molecule has 0 fully saturated rings. The Morgan fingerprint density at radius 2 is 2.06 bits per heavy atom. The first-order valence-electron chi connectivity index (χ1n) is 5.97. The molecule has 18 heavy (non-hydrogen) atoms. The van der Waals surface area contributed by atoms with Gasteiger partial charge in [0.05, 0.1) is 12.0 Å². The van der Waals surface area contributed by atoms with E-state index in [-0.39, 0.29) is 30.1 Å². The van der Waals surface area contributed by atoms with Crippen LogP contribution in [0, 0.1) is 11.8 Å². The molecule has 0 aromatic rings. The second kappa shape index (κ2) is 3.93. The van der Waals surface area contributed by atoms with E-state index in [2.05, 4.69) is 0 Å². The maximum absolute atomic E-state index is 12.0. The predicted molar refractivity (Wildman–Crippen MR) is 61.7 cm³/mol. The highest BCUT2D eigenvalue weighted by Gasteiger charge is 2.50. The van der Waals surface area contributed by atoms with Gasteiger partial charge >= 0.3 is 11.9 Å². The number of cyclic esters (lactones) is 1. The van der Waals surface area contributed by atoms with Gasteiger partial charge in [-0.1, -0.05) is 6.92 Å². The van der Waals surface area contributed by atoms with Crippen LogP contribution in [0.4, 0.5) is 0 Å². The van der Waals surface area contributed by atoms with Crippen LogP contribution in [-0.2, 0) is 19.1 Å². The van der Waals surface area contributed by atoms with Crippen molar-refractivity contribution in [1.29, 1.82) is 0 Å². The van der Waals surface area contributed by atoms with Crippen molar-refractivity contribution in [3.05, 3.63) is 11.1 Å². The van der Waals surface area contributed by atoms with Gasteiger partial charge in [-0.15, -0.1) is 0 Å². The number of rotatable bonds is 2. The van der Waals surface area contributed by atoms with Crippen LogP contribution in [-0.4, -0.2) is 28.4 Å². The van der Waals surface area contributed by atoms with Crippen LogP contribution in [0.1, 0.15) is 33.6 Å². The van der Waals surface area contributed by atoms with Gasteiger partial charge in [0.25, 0.3) is 0 Å². The van der Waals surface area contributed by atoms with Crippen molar-refractivity contribution in [2.45, 2.75) is 39.2 Å². The van der Waals surface area contributed by atoms with Gasteiger partial charge in [0, 0.05) is 17.9 Å². The molecule has 2 unspecified atom stereocenters. The number of carboxylic acids is 1. The molecule has 1 aliphatic heterocycles. The summed E-state index contributed by atoms with van der Waals surface area (Å²) in [6, 6.07) is 0. The lowest BCUT2D eigenvalue weighted by atomic mass is 9.71. The summed E-state index contributed by atoms with van der Waals surface area (Å²) in [6.07, 6.45) is 0.134. The molecule has 0 amide bonds. The van der Waals surface area contributed by atoms with Crippen molar-refractivity contribution < 1.29 is 24.2 Å². The first-order valence-corrected chi connectivity index (χ1v) is 5.97. The minimum atomic E-state index is -0.967. The zero-order chi connectivity index (χ0) is 13.7. The third kappa shape index (κ3) is 1.83. The van der Waals surface area contributed by atoms with Crippen LogP contribution < -0.4 is 0 Å². The van der Waals surface area contributed by atoms with E-state index in [1.54, 1.807) is 20.8 Å². The number of carbonyl (C=O) groups excluding carboxylic acids is 2. The van der Waals surface area contributed by atoms with Crippen molar-refractivity contribution in [3.8, 4) is 0 Å². The molecule has 5 nitrogen and oxygen atoms in total. The molecule has 2 rings (SSSR count). The van der Waals surface area contributed by atoms with Gasteiger partial charge in [-0.05, 0) is 19.8 Å². The minimum Gasteiger partial charge on any atom is -0.481 e. The van der Waals surface area contributed by atoms with Crippen molar-refractivity contribution in [1.82, 2.24) is 0 Å². The minimum absolute atomic E-state index is 0.102. The fourth-order valence-electron chi connectivity index (χ4n) is 2.90. The molecule has 5 heteroatoms. The zero-order valence-corrected chi connectivity index (χ0v) is 10.6. The van der Waals surface area contributed by atoms with E-state index in [0.717, 1.165) is 0 Å². The van der Waals surface area contributed by atoms with Gasteiger partial charge in [-0.2, -0.15) is 0 Å². The summed E-state index contributed by atoms with van der Waals surface area (Å²) in [7, 11) is 0. The zero-order valence-electron chi connectivity index (χ0n) is 10.6. The fourth-order valence-corrected chi connectivity index (χ4v) is 2.90. The molecule has 1 N–H and O–H groups in total. The van der Waals surface area contributed by atoms with E-state index in [4.69, 9.17) is 9.84 Å². The van der Waals surface area contributed by atoms with Gasteiger partial charge in [0.2, 0.25) is 0 Å². The van der Waals surface area contributed by atoms with E-state index in [0.29, 0.717) is 5.57 Å². The number of carbonyl (C=O) groups is 3. The number of esters is 1. The summed E-state index contributed by atoms with van der Waals surface area (Å²) >= 11 is 0. The Balaban J connectivity index is 2.52. The lowest BCUT2D eigenvalue weighted by molar-refractivity contribution is -0.145. The van der Waals surface area contributed by atoms with Gasteiger partial charge in [-0.3, -0.25) is 9.59 Å². The molecule has 0 aromatic heterocycles. The average Bonchev–Trinajstić information content (AvgIpc) is 2.42. The largest absolute Gasteiger partial charge is 0.481 e. The SMILES string of the molecule is CC1CC(=O)C2=C(C(=O)OC2(C)C)C1CC(=O)O. The Morgan fingerprint density at radius 3 is 2.61 bits per heavy atom. The highest BCUT2D eigenvalue weighted by atomic mass is 16.6. The Morgan fingerprint density at radius 1 is 1.44 bits per heavy atom. The van der Waals surface area contributed by atoms with Crippen molar-refractivity contribution in [3.63, 3.8) is 0 Å². The monoisotopic (exact) mass is 252 g/mol. The molecule has 1 aliphatic carbocycles. The molecular formula is C13H16O5. The summed E-state index contributed by atoms with van der Waals surface area (Å²) in [6.45, 7) is 5.13. The summed E-state index contributed by atoms with van der Waals surface area (Å²) in [4.78, 5) is 34.8. The number of Topliss-reactive ketones (excluding diaryl/α,β-unsaturated/α-hetero) is 1. The highest BCUT2D eigenvalue weighted by molar-refractivity contribution is 6.10. The van der Waals surface area contributed by atoms with Crippen LogP contribution >= 0.6 is 0 Å². The van der Waals surface area contributed by atoms with Gasteiger partial charge in [-0.25, -0.2) is 4.79 Å². The lowest BCUT2D eigenvalue weighted by Crippen LogP contribution is -2.33. The first-order chi connectivity index (χ1) is 8.24. The molecule has 0 radical (unpaired) electrons. The maximum atomic E-state index is 12.0. The van der Waals surface area contributed by atoms with Crippen LogP contribution in [0.5, 0.6) is 0 Å². The number of hydrogen-bond acceptors (Lipinski definition) is 4. The Labute approximate surface area is 105 Å². The second-order valence-corrected chi connectivity index (χ2v) is 5.50. The summed E-state index contributed by atoms with van der Waals surface area (Å²) in [5.74, 6) is -2.18. The third-order valence-corrected chi connectivity index (χ3v) is 3.68. The molecule has 0 aromatic carbocycles. The molecule has 2 aliphatic rings. The average molecular weight is 252 g/mol. The number of carboxylic acid groups (broad SMARTS) is 1. The van der Waals surface area contributed by atoms with Crippen LogP contribution in [0.2, 0.25) is 0 Å². The van der Waals surface area contributed by atoms with E-state index < -0.39 is 23.5 Å². The quantitative estimate of drug-likeness (QED) is 0.749. The maximum Gasteiger partial charge on any atom is 0.335 e. The fraction of sp³-hybridized carbons (Fsp3) is 0.615. The molecule has 0 bridgehead atoms. The topological polar surface area (TPSA) is 80.7 Å². The van der Waals surface area contributed by atoms with E-state index in [1.807, 2.05) is 0 Å². The van der Waals surface area contributed by atoms with E-state index in [1.165, 1.54) is 0 Å². The van der Waals surface area contributed by atoms with E-state index in [9.17, 15) is 14.4 Å². The summed E-state index contributed by atoms with van der Waals surface area (Å²) in [5, 5.41) is 8.93. The van der Waals surface area contributed by atoms with Crippen LogP contribution in [0.3, 0.4) is 0 Å². The molecule has 1 heterocycles. The molecule has 0 spiro atoms. The predicted octanol–water partition coefficient (Wildman–Crippen LogP) is 1.32. The van der Waals surface area contributed by atoms with Gasteiger partial charge in [0.15, 0.2) is 5.78 Å². The Hall–Kier alpha value is -1.65. The molecule has 0 saturated carbocycles. The smallest absolute Gasteiger partial charge is 0.335 e. The molecular weight excluding hydrogens is 236 g/mol. The summed E-state index contributed by atoms with van der Waals surface area (Å²) < 4.78 is 5.20. The molecule has 0 saturated heterocycles.